The first-order chi connectivity index (χ1) is 16.0. The number of aliphatic carboxylic acids is 1. The fourth-order valence-corrected chi connectivity index (χ4v) is 4.98. The zero-order valence-electron chi connectivity index (χ0n) is 21.7. The SMILES string of the molecule is CSCCC(NC(=O)c1ccc(/C=C/CC2CCCCC2)cc1-c1ccccc1C)C(=O)O.[H-].[Li+]. The van der Waals surface area contributed by atoms with Gasteiger partial charge >= 0.3 is 24.8 Å². The Morgan fingerprint density at radius 1 is 1.15 bits per heavy atom. The van der Waals surface area contributed by atoms with Crippen LogP contribution in [0.1, 0.15) is 67.9 Å². The summed E-state index contributed by atoms with van der Waals surface area (Å²) in [5, 5.41) is 12.3. The molecule has 1 unspecified atom stereocenters. The van der Waals surface area contributed by atoms with Crippen LogP contribution in [-0.2, 0) is 4.79 Å². The minimum atomic E-state index is -1.00. The van der Waals surface area contributed by atoms with Crippen LogP contribution in [0.15, 0.2) is 48.5 Å². The van der Waals surface area contributed by atoms with E-state index in [1.54, 1.807) is 11.8 Å². The zero-order valence-corrected chi connectivity index (χ0v) is 21.5. The quantitative estimate of drug-likeness (QED) is 0.517. The van der Waals surface area contributed by atoms with E-state index in [4.69, 9.17) is 0 Å². The summed E-state index contributed by atoms with van der Waals surface area (Å²) in [5.41, 5.74) is 4.45. The number of hydrogen-bond acceptors (Lipinski definition) is 3. The molecule has 2 aromatic rings. The molecule has 0 aliphatic heterocycles. The number of amides is 1. The van der Waals surface area contributed by atoms with Gasteiger partial charge in [-0.15, -0.1) is 0 Å². The first-order valence-electron chi connectivity index (χ1n) is 11.9. The van der Waals surface area contributed by atoms with Gasteiger partial charge in [0.05, 0.1) is 0 Å². The van der Waals surface area contributed by atoms with E-state index in [0.29, 0.717) is 17.7 Å². The van der Waals surface area contributed by atoms with E-state index < -0.39 is 12.0 Å². The van der Waals surface area contributed by atoms with Crippen LogP contribution in [0.25, 0.3) is 17.2 Å². The van der Waals surface area contributed by atoms with Crippen molar-refractivity contribution in [2.24, 2.45) is 5.92 Å². The molecule has 1 saturated carbocycles. The predicted molar refractivity (Wildman–Crippen MR) is 140 cm³/mol. The second kappa shape index (κ2) is 14.5. The summed E-state index contributed by atoms with van der Waals surface area (Å²) in [5.74, 6) is 0.105. The number of benzene rings is 2. The van der Waals surface area contributed by atoms with Gasteiger partial charge in [-0.3, -0.25) is 4.79 Å². The molecule has 1 amide bonds. The number of aryl methyl sites for hydroxylation is 1. The third-order valence-corrected chi connectivity index (χ3v) is 7.09. The van der Waals surface area contributed by atoms with Crippen molar-refractivity contribution in [2.45, 2.75) is 57.9 Å². The Morgan fingerprint density at radius 3 is 2.56 bits per heavy atom. The molecular formula is C28H36LiNO3S. The molecular weight excluding hydrogens is 437 g/mol. The number of rotatable bonds is 10. The van der Waals surface area contributed by atoms with Crippen LogP contribution in [0.4, 0.5) is 0 Å². The van der Waals surface area contributed by atoms with Gasteiger partial charge in [0.1, 0.15) is 6.04 Å². The largest absolute Gasteiger partial charge is 1.00 e. The van der Waals surface area contributed by atoms with E-state index >= 15 is 0 Å². The van der Waals surface area contributed by atoms with Crippen molar-refractivity contribution in [3.63, 3.8) is 0 Å². The standard InChI is InChI=1S/C28H35NO3S.Li.H/c1-20-9-6-7-14-23(20)25-19-22(13-8-12-21-10-4-3-5-11-21)15-16-24(25)27(30)29-26(28(31)32)17-18-33-2;;/h6-9,13-16,19,21,26H,3-5,10-12,17-18H2,1-2H3,(H,29,30)(H,31,32);;/q;+1;-1/b13-8+;;. The van der Waals surface area contributed by atoms with Gasteiger partial charge in [-0.05, 0) is 72.1 Å². The van der Waals surface area contributed by atoms with E-state index in [0.717, 1.165) is 34.6 Å². The molecule has 1 aliphatic rings. The fourth-order valence-electron chi connectivity index (χ4n) is 4.51. The van der Waals surface area contributed by atoms with Gasteiger partial charge in [0.2, 0.25) is 0 Å². The van der Waals surface area contributed by atoms with Gasteiger partial charge in [0.15, 0.2) is 0 Å². The summed E-state index contributed by atoms with van der Waals surface area (Å²) in [4.78, 5) is 24.8. The Kier molecular flexibility index (Phi) is 12.0. The summed E-state index contributed by atoms with van der Waals surface area (Å²) >= 11 is 1.57. The smallest absolute Gasteiger partial charge is 1.00 e. The minimum Gasteiger partial charge on any atom is -1.00 e. The van der Waals surface area contributed by atoms with Crippen molar-refractivity contribution < 1.29 is 35.0 Å². The van der Waals surface area contributed by atoms with Crippen molar-refractivity contribution in [1.82, 2.24) is 5.32 Å². The number of nitrogens with one attached hydrogen (secondary N) is 1. The van der Waals surface area contributed by atoms with Crippen LogP contribution in [-0.4, -0.2) is 35.0 Å². The Morgan fingerprint density at radius 2 is 1.88 bits per heavy atom. The van der Waals surface area contributed by atoms with Crippen LogP contribution < -0.4 is 24.2 Å². The maximum atomic E-state index is 13.2. The number of carbonyl (C=O) groups is 2. The summed E-state index contributed by atoms with van der Waals surface area (Å²) in [6.45, 7) is 2.03. The number of carboxylic acids is 1. The molecule has 6 heteroatoms. The van der Waals surface area contributed by atoms with Crippen molar-refractivity contribution in [2.75, 3.05) is 12.0 Å². The normalized spacial score (nSPS) is 15.0. The van der Waals surface area contributed by atoms with Crippen molar-refractivity contribution >= 4 is 29.7 Å². The van der Waals surface area contributed by atoms with Crippen LogP contribution in [0.2, 0.25) is 0 Å². The fraction of sp³-hybridized carbons (Fsp3) is 0.429. The average molecular weight is 474 g/mol. The van der Waals surface area contributed by atoms with Crippen LogP contribution in [0.5, 0.6) is 0 Å². The zero-order chi connectivity index (χ0) is 23.6. The Bertz CT molecular complexity index is 992. The maximum absolute atomic E-state index is 13.2. The monoisotopic (exact) mass is 473 g/mol. The molecule has 1 fully saturated rings. The molecule has 2 N–H and O–H groups in total. The second-order valence-electron chi connectivity index (χ2n) is 8.91. The minimum absolute atomic E-state index is 0. The molecule has 1 aliphatic carbocycles. The Balaban J connectivity index is 0.00000306. The van der Waals surface area contributed by atoms with E-state index in [1.807, 2.05) is 55.6 Å². The van der Waals surface area contributed by atoms with E-state index in [-0.39, 0.29) is 26.2 Å². The third kappa shape index (κ3) is 8.08. The van der Waals surface area contributed by atoms with Crippen LogP contribution >= 0.6 is 11.8 Å². The summed E-state index contributed by atoms with van der Waals surface area (Å²) < 4.78 is 0. The van der Waals surface area contributed by atoms with Crippen LogP contribution in [0.3, 0.4) is 0 Å². The number of carbonyl (C=O) groups excluding carboxylic acids is 1. The molecule has 1 atom stereocenters. The number of carboxylic acid groups (broad SMARTS) is 1. The van der Waals surface area contributed by atoms with Crippen molar-refractivity contribution in [1.29, 1.82) is 0 Å². The predicted octanol–water partition coefficient (Wildman–Crippen LogP) is 3.70. The van der Waals surface area contributed by atoms with Crippen molar-refractivity contribution in [3.05, 3.63) is 65.2 Å². The van der Waals surface area contributed by atoms with E-state index in [9.17, 15) is 14.7 Å². The van der Waals surface area contributed by atoms with Gasteiger partial charge in [-0.25, -0.2) is 4.79 Å². The molecule has 0 heterocycles. The molecule has 0 saturated heterocycles. The molecule has 0 aromatic heterocycles. The topological polar surface area (TPSA) is 66.4 Å². The molecule has 2 aromatic carbocycles. The Labute approximate surface area is 221 Å². The number of hydrogen-bond donors (Lipinski definition) is 2. The van der Waals surface area contributed by atoms with Crippen molar-refractivity contribution in [3.8, 4) is 11.1 Å². The number of thioether (sulfide) groups is 1. The first-order valence-corrected chi connectivity index (χ1v) is 13.3. The number of allylic oxidation sites excluding steroid dienone is 1. The van der Waals surface area contributed by atoms with Gasteiger partial charge in [0.25, 0.3) is 5.91 Å². The molecule has 178 valence electrons. The second-order valence-corrected chi connectivity index (χ2v) is 9.89. The van der Waals surface area contributed by atoms with Gasteiger partial charge < -0.3 is 11.8 Å². The maximum Gasteiger partial charge on any atom is 1.00 e. The first kappa shape index (κ1) is 28.3. The van der Waals surface area contributed by atoms with E-state index in [1.165, 1.54) is 32.1 Å². The van der Waals surface area contributed by atoms with E-state index in [2.05, 4.69) is 17.5 Å². The van der Waals surface area contributed by atoms with Gasteiger partial charge in [-0.1, -0.05) is 74.6 Å². The molecule has 0 bridgehead atoms. The summed E-state index contributed by atoms with van der Waals surface area (Å²) in [6.07, 6.45) is 14.5. The van der Waals surface area contributed by atoms with Gasteiger partial charge in [0, 0.05) is 5.56 Å². The third-order valence-electron chi connectivity index (χ3n) is 6.44. The Hall–Kier alpha value is -1.93. The van der Waals surface area contributed by atoms with Gasteiger partial charge in [-0.2, -0.15) is 11.8 Å². The average Bonchev–Trinajstić information content (AvgIpc) is 2.82. The van der Waals surface area contributed by atoms with Crippen LogP contribution in [0, 0.1) is 12.8 Å². The molecule has 0 radical (unpaired) electrons. The molecule has 0 spiro atoms. The summed E-state index contributed by atoms with van der Waals surface area (Å²) in [6, 6.07) is 12.9. The summed E-state index contributed by atoms with van der Waals surface area (Å²) in [7, 11) is 0. The molecule has 3 rings (SSSR count). The molecule has 34 heavy (non-hydrogen) atoms. The molecule has 4 nitrogen and oxygen atoms in total.